The summed E-state index contributed by atoms with van der Waals surface area (Å²) >= 11 is 0. The van der Waals surface area contributed by atoms with Gasteiger partial charge >= 0.3 is 12.4 Å². The summed E-state index contributed by atoms with van der Waals surface area (Å²) in [6.07, 6.45) is -10.6. The van der Waals surface area contributed by atoms with Crippen LogP contribution in [-0.2, 0) is 27.2 Å². The van der Waals surface area contributed by atoms with Crippen LogP contribution in [0.1, 0.15) is 24.1 Å². The lowest BCUT2D eigenvalue weighted by molar-refractivity contribution is -0.141. The maximum Gasteiger partial charge on any atom is 0.433 e. The van der Waals surface area contributed by atoms with E-state index in [-0.39, 0.29) is 42.1 Å². The summed E-state index contributed by atoms with van der Waals surface area (Å²) < 4.78 is 128. The molecule has 2 aromatic carbocycles. The number of alkyl halides is 7. The van der Waals surface area contributed by atoms with E-state index < -0.39 is 62.8 Å². The average molecular weight is 604 g/mol. The number of pyridine rings is 1. The van der Waals surface area contributed by atoms with Crippen LogP contribution in [0.25, 0.3) is 11.3 Å². The van der Waals surface area contributed by atoms with E-state index in [0.717, 1.165) is 28.6 Å². The molecule has 0 unspecified atom stereocenters. The number of carbonyl (C=O) groups excluding carboxylic acids is 1. The van der Waals surface area contributed by atoms with Crippen molar-refractivity contribution < 1.29 is 48.7 Å². The third kappa shape index (κ3) is 5.80. The number of ether oxygens (including phenoxy) is 1. The van der Waals surface area contributed by atoms with E-state index in [1.807, 2.05) is 0 Å². The van der Waals surface area contributed by atoms with Crippen molar-refractivity contribution in [1.29, 1.82) is 0 Å². The third-order valence-electron chi connectivity index (χ3n) is 6.56. The van der Waals surface area contributed by atoms with Gasteiger partial charge < -0.3 is 10.1 Å². The molecular weight excluding hydrogens is 583 g/mol. The Kier molecular flexibility index (Phi) is 6.91. The summed E-state index contributed by atoms with van der Waals surface area (Å²) in [7, 11) is -4.71. The van der Waals surface area contributed by atoms with Crippen LogP contribution in [0.3, 0.4) is 0 Å². The molecular formula is C26H20F7N3O4S. The quantitative estimate of drug-likeness (QED) is 0.384. The molecule has 2 aliphatic rings. The first-order valence-electron chi connectivity index (χ1n) is 12.1. The van der Waals surface area contributed by atoms with Crippen molar-refractivity contribution in [3.05, 3.63) is 71.9 Å². The van der Waals surface area contributed by atoms with E-state index in [1.165, 1.54) is 24.3 Å². The first kappa shape index (κ1) is 28.6. The maximum atomic E-state index is 14.1. The standard InChI is InChI=1S/C26H20F7N3O4S/c27-24(9-10-24)23(37)34-13-17-14-36(41(38,39)18-4-1-3-16(12-18)25(28,29)30)20-11-15(7-8-21(20)40-17)19-5-2-6-22(35-19)26(31,32)33/h1-8,11-12,17H,9-10,13-14H2,(H,34,37)/t17-/m0/s1. The number of hydrogen-bond donors (Lipinski definition) is 1. The highest BCUT2D eigenvalue weighted by Gasteiger charge is 2.51. The maximum absolute atomic E-state index is 14.1. The van der Waals surface area contributed by atoms with E-state index in [2.05, 4.69) is 10.3 Å². The minimum Gasteiger partial charge on any atom is -0.484 e. The Morgan fingerprint density at radius 3 is 2.37 bits per heavy atom. The summed E-state index contributed by atoms with van der Waals surface area (Å²) in [5.74, 6) is -0.978. The molecule has 218 valence electrons. The smallest absolute Gasteiger partial charge is 0.433 e. The van der Waals surface area contributed by atoms with Crippen LogP contribution in [0, 0.1) is 0 Å². The number of amides is 1. The van der Waals surface area contributed by atoms with Crippen molar-refractivity contribution in [2.75, 3.05) is 17.4 Å². The van der Waals surface area contributed by atoms with Gasteiger partial charge in [-0.25, -0.2) is 17.8 Å². The number of carbonyl (C=O) groups is 1. The predicted octanol–water partition coefficient (Wildman–Crippen LogP) is 5.36. The number of fused-ring (bicyclic) bond motifs is 1. The van der Waals surface area contributed by atoms with E-state index in [1.54, 1.807) is 0 Å². The second kappa shape index (κ2) is 9.89. The Morgan fingerprint density at radius 2 is 1.71 bits per heavy atom. The normalized spacial score (nSPS) is 18.3. The predicted molar refractivity (Wildman–Crippen MR) is 131 cm³/mol. The third-order valence-corrected chi connectivity index (χ3v) is 8.34. The highest BCUT2D eigenvalue weighted by molar-refractivity contribution is 7.92. The largest absolute Gasteiger partial charge is 0.484 e. The fraction of sp³-hybridized carbons (Fsp3) is 0.308. The summed E-state index contributed by atoms with van der Waals surface area (Å²) in [6.45, 7) is -0.833. The van der Waals surface area contributed by atoms with Gasteiger partial charge in [0.05, 0.1) is 34.9 Å². The fourth-order valence-corrected chi connectivity index (χ4v) is 5.77. The Hall–Kier alpha value is -3.88. The van der Waals surface area contributed by atoms with Crippen molar-refractivity contribution >= 4 is 21.6 Å². The number of aromatic nitrogens is 1. The highest BCUT2D eigenvalue weighted by Crippen LogP contribution is 2.42. The molecule has 1 aromatic heterocycles. The number of halogens is 7. The van der Waals surface area contributed by atoms with Gasteiger partial charge in [-0.3, -0.25) is 9.10 Å². The van der Waals surface area contributed by atoms with Gasteiger partial charge in [0.1, 0.15) is 17.5 Å². The monoisotopic (exact) mass is 603 g/mol. The summed E-state index contributed by atoms with van der Waals surface area (Å²) in [4.78, 5) is 15.0. The number of nitrogens with one attached hydrogen (secondary N) is 1. The Labute approximate surface area is 229 Å². The molecule has 5 rings (SSSR count). The molecule has 1 aliphatic carbocycles. The van der Waals surface area contributed by atoms with Crippen LogP contribution in [-0.4, -0.2) is 44.2 Å². The number of sulfonamides is 1. The molecule has 2 heterocycles. The number of anilines is 1. The Bertz CT molecular complexity index is 1610. The van der Waals surface area contributed by atoms with Gasteiger partial charge in [0.15, 0.2) is 5.67 Å². The minimum absolute atomic E-state index is 0.0373. The van der Waals surface area contributed by atoms with Gasteiger partial charge in [0, 0.05) is 5.56 Å². The number of hydrogen-bond acceptors (Lipinski definition) is 5. The molecule has 41 heavy (non-hydrogen) atoms. The van der Waals surface area contributed by atoms with Crippen molar-refractivity contribution in [1.82, 2.24) is 10.3 Å². The van der Waals surface area contributed by atoms with E-state index in [9.17, 15) is 43.9 Å². The van der Waals surface area contributed by atoms with Gasteiger partial charge in [0.25, 0.3) is 15.9 Å². The van der Waals surface area contributed by atoms with E-state index in [4.69, 9.17) is 4.74 Å². The second-order valence-electron chi connectivity index (χ2n) is 9.57. The number of rotatable bonds is 6. The first-order chi connectivity index (χ1) is 19.1. The second-order valence-corrected chi connectivity index (χ2v) is 11.4. The molecule has 1 aliphatic heterocycles. The summed E-state index contributed by atoms with van der Waals surface area (Å²) in [6, 6.07) is 10.00. The van der Waals surface area contributed by atoms with Crippen LogP contribution >= 0.6 is 0 Å². The zero-order valence-corrected chi connectivity index (χ0v) is 21.6. The molecule has 1 fully saturated rings. The van der Waals surface area contributed by atoms with E-state index in [0.29, 0.717) is 12.1 Å². The minimum atomic E-state index is -4.84. The van der Waals surface area contributed by atoms with Crippen LogP contribution in [0.4, 0.5) is 36.4 Å². The van der Waals surface area contributed by atoms with E-state index >= 15 is 0 Å². The lowest BCUT2D eigenvalue weighted by atomic mass is 10.1. The zero-order valence-electron chi connectivity index (χ0n) is 20.8. The van der Waals surface area contributed by atoms with Gasteiger partial charge in [0.2, 0.25) is 0 Å². The molecule has 1 atom stereocenters. The average Bonchev–Trinajstić information content (AvgIpc) is 3.68. The molecule has 0 bridgehead atoms. The molecule has 1 saturated carbocycles. The topological polar surface area (TPSA) is 88.6 Å². The molecule has 0 radical (unpaired) electrons. The summed E-state index contributed by atoms with van der Waals surface area (Å²) in [5.41, 5.74) is -4.66. The molecule has 3 aromatic rings. The van der Waals surface area contributed by atoms with Crippen molar-refractivity contribution in [2.45, 2.75) is 41.9 Å². The van der Waals surface area contributed by atoms with Gasteiger partial charge in [-0.2, -0.15) is 26.3 Å². The SMILES string of the molecule is O=C(NC[C@H]1CN(S(=O)(=O)c2cccc(C(F)(F)F)c2)c2cc(-c3cccc(C(F)(F)F)n3)ccc2O1)C1(F)CC1. The van der Waals surface area contributed by atoms with Crippen LogP contribution in [0.2, 0.25) is 0 Å². The van der Waals surface area contributed by atoms with Crippen LogP contribution in [0.5, 0.6) is 5.75 Å². The zero-order chi connectivity index (χ0) is 29.8. The molecule has 7 nitrogen and oxygen atoms in total. The van der Waals surface area contributed by atoms with Crippen LogP contribution in [0.15, 0.2) is 65.6 Å². The Balaban J connectivity index is 1.55. The highest BCUT2D eigenvalue weighted by atomic mass is 32.2. The van der Waals surface area contributed by atoms with Crippen LogP contribution < -0.4 is 14.4 Å². The lowest BCUT2D eigenvalue weighted by Crippen LogP contribution is -2.49. The summed E-state index contributed by atoms with van der Waals surface area (Å²) in [5, 5.41) is 2.36. The number of benzene rings is 2. The van der Waals surface area contributed by atoms with Gasteiger partial charge in [-0.1, -0.05) is 12.1 Å². The van der Waals surface area contributed by atoms with Gasteiger partial charge in [-0.15, -0.1) is 0 Å². The molecule has 0 spiro atoms. The Morgan fingerprint density at radius 1 is 1.00 bits per heavy atom. The first-order valence-corrected chi connectivity index (χ1v) is 13.5. The molecule has 1 N–H and O–H groups in total. The van der Waals surface area contributed by atoms with Crippen molar-refractivity contribution in [2.24, 2.45) is 0 Å². The number of nitrogens with zero attached hydrogens (tertiary/aromatic N) is 2. The lowest BCUT2D eigenvalue weighted by Gasteiger charge is -2.36. The molecule has 15 heteroatoms. The van der Waals surface area contributed by atoms with Gasteiger partial charge in [-0.05, 0) is 61.4 Å². The van der Waals surface area contributed by atoms with Crippen molar-refractivity contribution in [3.8, 4) is 17.0 Å². The van der Waals surface area contributed by atoms with Crippen molar-refractivity contribution in [3.63, 3.8) is 0 Å². The fourth-order valence-electron chi connectivity index (χ4n) is 4.22. The molecule has 0 saturated heterocycles. The molecule has 1 amide bonds.